The summed E-state index contributed by atoms with van der Waals surface area (Å²) in [6, 6.07) is 23.4. The molecule has 8 heteroatoms. The molecular weight excluding hydrogens is 460 g/mol. The van der Waals surface area contributed by atoms with E-state index < -0.39 is 5.25 Å². The Morgan fingerprint density at radius 1 is 0.971 bits per heavy atom. The molecule has 2 aliphatic rings. The van der Waals surface area contributed by atoms with E-state index in [2.05, 4.69) is 22.3 Å². The predicted octanol–water partition coefficient (Wildman–Crippen LogP) is 4.13. The van der Waals surface area contributed by atoms with Gasteiger partial charge in [0, 0.05) is 43.7 Å². The molecule has 3 aromatic carbocycles. The van der Waals surface area contributed by atoms with Gasteiger partial charge in [-0.1, -0.05) is 66.4 Å². The predicted molar refractivity (Wildman–Crippen MR) is 141 cm³/mol. The van der Waals surface area contributed by atoms with Crippen LogP contribution in [0.3, 0.4) is 0 Å². The van der Waals surface area contributed by atoms with E-state index in [0.717, 1.165) is 41.8 Å². The summed E-state index contributed by atoms with van der Waals surface area (Å²) in [6.07, 6.45) is 0.0982. The first-order valence-corrected chi connectivity index (χ1v) is 12.7. The second-order valence-corrected chi connectivity index (χ2v) is 9.73. The third kappa shape index (κ3) is 5.73. The molecule has 5 rings (SSSR count). The quantitative estimate of drug-likeness (QED) is 0.541. The molecule has 0 aromatic heterocycles. The Kier molecular flexibility index (Phi) is 7.42. The van der Waals surface area contributed by atoms with Gasteiger partial charge < -0.3 is 10.1 Å². The molecule has 2 heterocycles. The van der Waals surface area contributed by atoms with Crippen LogP contribution in [0.4, 0.5) is 11.4 Å². The zero-order valence-corrected chi connectivity index (χ0v) is 20.2. The number of rotatable bonds is 7. The summed E-state index contributed by atoms with van der Waals surface area (Å²) in [5, 5.41) is 5.17. The number of para-hydroxylation sites is 1. The van der Waals surface area contributed by atoms with Crippen LogP contribution >= 0.6 is 11.8 Å². The minimum atomic E-state index is -0.503. The molecule has 1 atom stereocenters. The smallest absolute Gasteiger partial charge is 0.242 e. The molecule has 2 fully saturated rings. The number of thioether (sulfide) groups is 1. The van der Waals surface area contributed by atoms with E-state index in [9.17, 15) is 9.59 Å². The molecule has 2 amide bonds. The highest BCUT2D eigenvalue weighted by Crippen LogP contribution is 2.34. The molecule has 7 nitrogen and oxygen atoms in total. The normalized spacial score (nSPS) is 20.0. The Labute approximate surface area is 209 Å². The summed E-state index contributed by atoms with van der Waals surface area (Å²) in [5.41, 5.74) is 1.55. The van der Waals surface area contributed by atoms with Crippen LogP contribution in [0.2, 0.25) is 0 Å². The van der Waals surface area contributed by atoms with Gasteiger partial charge in [0.1, 0.15) is 5.25 Å². The number of amidine groups is 1. The van der Waals surface area contributed by atoms with E-state index in [4.69, 9.17) is 9.73 Å². The number of carbonyl (C=O) groups excluding carboxylic acids is 2. The van der Waals surface area contributed by atoms with Crippen molar-refractivity contribution in [1.82, 2.24) is 9.80 Å². The molecule has 0 bridgehead atoms. The first kappa shape index (κ1) is 23.5. The van der Waals surface area contributed by atoms with Gasteiger partial charge in [0.2, 0.25) is 11.8 Å². The van der Waals surface area contributed by atoms with Crippen LogP contribution in [0.5, 0.6) is 0 Å². The van der Waals surface area contributed by atoms with Gasteiger partial charge in [0.05, 0.1) is 18.9 Å². The number of hydrogen-bond acceptors (Lipinski definition) is 6. The van der Waals surface area contributed by atoms with Crippen molar-refractivity contribution < 1.29 is 14.3 Å². The first-order valence-electron chi connectivity index (χ1n) is 11.9. The largest absolute Gasteiger partial charge is 0.379 e. The lowest BCUT2D eigenvalue weighted by Gasteiger charge is -2.28. The van der Waals surface area contributed by atoms with E-state index >= 15 is 0 Å². The summed E-state index contributed by atoms with van der Waals surface area (Å²) < 4.78 is 5.45. The molecule has 180 valence electrons. The number of nitrogens with one attached hydrogen (secondary N) is 1. The molecule has 2 saturated heterocycles. The third-order valence-corrected chi connectivity index (χ3v) is 7.35. The van der Waals surface area contributed by atoms with E-state index in [1.807, 2.05) is 60.7 Å². The van der Waals surface area contributed by atoms with Crippen LogP contribution in [0, 0.1) is 0 Å². The number of nitrogens with zero attached hydrogens (tertiary/aromatic N) is 3. The second kappa shape index (κ2) is 11.0. The van der Waals surface area contributed by atoms with Crippen molar-refractivity contribution in [3.05, 3.63) is 72.8 Å². The molecule has 2 aliphatic heterocycles. The number of aliphatic imine (C=N–C) groups is 1. The molecular formula is C27H28N4O3S. The Morgan fingerprint density at radius 3 is 2.54 bits per heavy atom. The number of morpholine rings is 1. The number of fused-ring (bicyclic) bond motifs is 1. The standard InChI is InChI=1S/C27H28N4O3S/c32-25(28-21-9-2-1-3-10-21)19-24-26(33)31(14-13-30-15-17-34-18-16-30)27(35-24)29-23-12-6-8-20-7-4-5-11-22(20)23/h1-12,24H,13-19H2,(H,28,32)/t24-/m0/s1. The summed E-state index contributed by atoms with van der Waals surface area (Å²) in [4.78, 5) is 35.1. The number of benzene rings is 3. The van der Waals surface area contributed by atoms with Crippen LogP contribution in [0.1, 0.15) is 6.42 Å². The van der Waals surface area contributed by atoms with Crippen LogP contribution < -0.4 is 5.32 Å². The lowest BCUT2D eigenvalue weighted by Crippen LogP contribution is -2.43. The fourth-order valence-corrected chi connectivity index (χ4v) is 5.48. The fraction of sp³-hybridized carbons (Fsp3) is 0.296. The average molecular weight is 489 g/mol. The van der Waals surface area contributed by atoms with Crippen molar-refractivity contribution >= 4 is 50.9 Å². The highest BCUT2D eigenvalue weighted by atomic mass is 32.2. The van der Waals surface area contributed by atoms with Crippen LogP contribution in [-0.2, 0) is 14.3 Å². The summed E-state index contributed by atoms with van der Waals surface area (Å²) in [5.74, 6) is -0.243. The Hall–Kier alpha value is -3.20. The van der Waals surface area contributed by atoms with Gasteiger partial charge in [-0.2, -0.15) is 0 Å². The van der Waals surface area contributed by atoms with Crippen molar-refractivity contribution in [2.45, 2.75) is 11.7 Å². The lowest BCUT2D eigenvalue weighted by atomic mass is 10.1. The molecule has 0 radical (unpaired) electrons. The molecule has 35 heavy (non-hydrogen) atoms. The fourth-order valence-electron chi connectivity index (χ4n) is 4.31. The Bertz CT molecular complexity index is 1220. The van der Waals surface area contributed by atoms with Crippen LogP contribution in [0.25, 0.3) is 10.8 Å². The molecule has 0 unspecified atom stereocenters. The van der Waals surface area contributed by atoms with Gasteiger partial charge in [-0.15, -0.1) is 0 Å². The molecule has 0 spiro atoms. The lowest BCUT2D eigenvalue weighted by molar-refractivity contribution is -0.128. The van der Waals surface area contributed by atoms with Gasteiger partial charge in [0.25, 0.3) is 0 Å². The highest BCUT2D eigenvalue weighted by molar-refractivity contribution is 8.15. The van der Waals surface area contributed by atoms with Gasteiger partial charge in [-0.25, -0.2) is 4.99 Å². The van der Waals surface area contributed by atoms with Gasteiger partial charge in [-0.05, 0) is 23.6 Å². The van der Waals surface area contributed by atoms with E-state index in [1.54, 1.807) is 4.90 Å². The number of ether oxygens (including phenoxy) is 1. The monoisotopic (exact) mass is 488 g/mol. The van der Waals surface area contributed by atoms with E-state index in [-0.39, 0.29) is 18.2 Å². The van der Waals surface area contributed by atoms with Crippen LogP contribution in [-0.4, -0.2) is 71.4 Å². The van der Waals surface area contributed by atoms with Crippen molar-refractivity contribution in [2.24, 2.45) is 4.99 Å². The number of anilines is 1. The summed E-state index contributed by atoms with van der Waals surface area (Å²) in [6.45, 7) is 4.41. The molecule has 3 aromatic rings. The maximum absolute atomic E-state index is 13.4. The van der Waals surface area contributed by atoms with E-state index in [0.29, 0.717) is 24.9 Å². The third-order valence-electron chi connectivity index (χ3n) is 6.17. The van der Waals surface area contributed by atoms with Gasteiger partial charge in [-0.3, -0.25) is 19.4 Å². The zero-order chi connectivity index (χ0) is 24.0. The Morgan fingerprint density at radius 2 is 1.71 bits per heavy atom. The Balaban J connectivity index is 1.37. The van der Waals surface area contributed by atoms with Crippen LogP contribution in [0.15, 0.2) is 77.8 Å². The topological polar surface area (TPSA) is 74.2 Å². The minimum absolute atomic E-state index is 0.0644. The van der Waals surface area contributed by atoms with Crippen molar-refractivity contribution in [2.75, 3.05) is 44.7 Å². The number of carbonyl (C=O) groups is 2. The molecule has 0 aliphatic carbocycles. The first-order chi connectivity index (χ1) is 17.2. The number of hydrogen-bond donors (Lipinski definition) is 1. The van der Waals surface area contributed by atoms with Crippen molar-refractivity contribution in [3.63, 3.8) is 0 Å². The molecule has 1 N–H and O–H groups in total. The van der Waals surface area contributed by atoms with Crippen molar-refractivity contribution in [3.8, 4) is 0 Å². The highest BCUT2D eigenvalue weighted by Gasteiger charge is 2.39. The minimum Gasteiger partial charge on any atom is -0.379 e. The van der Waals surface area contributed by atoms with Gasteiger partial charge >= 0.3 is 0 Å². The SMILES string of the molecule is O=C(C[C@@H]1SC(=Nc2cccc3ccccc23)N(CCN2CCOCC2)C1=O)Nc1ccccc1. The maximum Gasteiger partial charge on any atom is 0.242 e. The summed E-state index contributed by atoms with van der Waals surface area (Å²) in [7, 11) is 0. The molecule has 0 saturated carbocycles. The zero-order valence-electron chi connectivity index (χ0n) is 19.4. The van der Waals surface area contributed by atoms with Gasteiger partial charge in [0.15, 0.2) is 5.17 Å². The summed E-state index contributed by atoms with van der Waals surface area (Å²) >= 11 is 1.38. The number of amides is 2. The second-order valence-electron chi connectivity index (χ2n) is 8.56. The maximum atomic E-state index is 13.4. The average Bonchev–Trinajstić information content (AvgIpc) is 3.17. The van der Waals surface area contributed by atoms with Crippen molar-refractivity contribution in [1.29, 1.82) is 0 Å². The van der Waals surface area contributed by atoms with E-state index in [1.165, 1.54) is 11.8 Å².